The van der Waals surface area contributed by atoms with Crippen molar-refractivity contribution in [3.05, 3.63) is 17.0 Å². The average molecular weight is 302 g/mol. The number of hydrogen-bond donors (Lipinski definition) is 0. The van der Waals surface area contributed by atoms with Crippen molar-refractivity contribution in [2.24, 2.45) is 5.92 Å². The third-order valence-electron chi connectivity index (χ3n) is 5.91. The van der Waals surface area contributed by atoms with Gasteiger partial charge in [-0.1, -0.05) is 24.4 Å². The van der Waals surface area contributed by atoms with Gasteiger partial charge in [0.1, 0.15) is 5.76 Å². The molecule has 1 saturated carbocycles. The number of carbonyl (C=O) groups excluding carboxylic acids is 1. The molecule has 1 atom stereocenters. The number of rotatable bonds is 2. The molecular formula is C18H26N2O2. The molecule has 2 aliphatic carbocycles. The molecule has 1 aromatic rings. The molecule has 4 rings (SSSR count). The summed E-state index contributed by atoms with van der Waals surface area (Å²) in [5.41, 5.74) is 1.72. The van der Waals surface area contributed by atoms with Crippen LogP contribution in [0.1, 0.15) is 79.6 Å². The lowest BCUT2D eigenvalue weighted by Crippen LogP contribution is -2.41. The van der Waals surface area contributed by atoms with Crippen LogP contribution in [0.3, 0.4) is 0 Å². The zero-order chi connectivity index (χ0) is 14.9. The second kappa shape index (κ2) is 6.05. The normalized spacial score (nSPS) is 26.2. The van der Waals surface area contributed by atoms with Crippen LogP contribution in [-0.4, -0.2) is 28.6 Å². The molecular weight excluding hydrogens is 276 g/mol. The second-order valence-corrected chi connectivity index (χ2v) is 7.25. The molecule has 2 fully saturated rings. The van der Waals surface area contributed by atoms with Crippen LogP contribution in [0.5, 0.6) is 0 Å². The lowest BCUT2D eigenvalue weighted by Gasteiger charge is -2.33. The zero-order valence-electron chi connectivity index (χ0n) is 13.4. The highest BCUT2D eigenvalue weighted by molar-refractivity contribution is 5.94. The highest BCUT2D eigenvalue weighted by atomic mass is 16.5. The van der Waals surface area contributed by atoms with Crippen LogP contribution in [-0.2, 0) is 12.8 Å². The van der Waals surface area contributed by atoms with E-state index in [1.807, 2.05) is 0 Å². The first-order chi connectivity index (χ1) is 10.8. The quantitative estimate of drug-likeness (QED) is 0.836. The fraction of sp³-hybridized carbons (Fsp3) is 0.778. The van der Waals surface area contributed by atoms with E-state index in [-0.39, 0.29) is 5.91 Å². The molecule has 0 radical (unpaired) electrons. The number of nitrogens with zero attached hydrogens (tertiary/aromatic N) is 2. The van der Waals surface area contributed by atoms with Gasteiger partial charge in [0.05, 0.1) is 0 Å². The highest BCUT2D eigenvalue weighted by Crippen LogP contribution is 2.35. The molecule has 0 spiro atoms. The Bertz CT molecular complexity index is 545. The van der Waals surface area contributed by atoms with Gasteiger partial charge < -0.3 is 9.42 Å². The van der Waals surface area contributed by atoms with E-state index in [9.17, 15) is 4.79 Å². The van der Waals surface area contributed by atoms with E-state index in [2.05, 4.69) is 10.1 Å². The first-order valence-corrected chi connectivity index (χ1v) is 9.13. The zero-order valence-corrected chi connectivity index (χ0v) is 13.4. The maximum atomic E-state index is 13.0. The standard InChI is InChI=1S/C18H26N2O2/c21-18(17-14-9-4-5-11-16(14)22-19-17)20-12-6-10-15(20)13-7-2-1-3-8-13/h13,15H,1-12H2/t15-/m0/s1. The van der Waals surface area contributed by atoms with E-state index >= 15 is 0 Å². The summed E-state index contributed by atoms with van der Waals surface area (Å²) in [4.78, 5) is 15.2. The van der Waals surface area contributed by atoms with E-state index in [0.29, 0.717) is 17.7 Å². The highest BCUT2D eigenvalue weighted by Gasteiger charge is 2.37. The van der Waals surface area contributed by atoms with Crippen molar-refractivity contribution < 1.29 is 9.32 Å². The van der Waals surface area contributed by atoms with Gasteiger partial charge in [0.25, 0.3) is 5.91 Å². The predicted octanol–water partition coefficient (Wildman–Crippen LogP) is 3.74. The molecule has 1 aliphatic heterocycles. The van der Waals surface area contributed by atoms with E-state index < -0.39 is 0 Å². The van der Waals surface area contributed by atoms with Crippen molar-refractivity contribution in [1.82, 2.24) is 10.1 Å². The first kappa shape index (κ1) is 14.3. The molecule has 2 heterocycles. The lowest BCUT2D eigenvalue weighted by atomic mass is 9.83. The summed E-state index contributed by atoms with van der Waals surface area (Å²) in [6.07, 6.45) is 13.2. The van der Waals surface area contributed by atoms with Crippen LogP contribution in [0.2, 0.25) is 0 Å². The number of likely N-dealkylation sites (tertiary alicyclic amines) is 1. The first-order valence-electron chi connectivity index (χ1n) is 9.13. The average Bonchev–Trinajstić information content (AvgIpc) is 3.22. The van der Waals surface area contributed by atoms with Crippen LogP contribution >= 0.6 is 0 Å². The van der Waals surface area contributed by atoms with Gasteiger partial charge in [-0.25, -0.2) is 0 Å². The molecule has 120 valence electrons. The molecule has 1 amide bonds. The van der Waals surface area contributed by atoms with Crippen molar-refractivity contribution in [1.29, 1.82) is 0 Å². The van der Waals surface area contributed by atoms with Crippen LogP contribution in [0, 0.1) is 5.92 Å². The fourth-order valence-electron chi connectivity index (χ4n) is 4.74. The topological polar surface area (TPSA) is 46.3 Å². The molecule has 4 nitrogen and oxygen atoms in total. The van der Waals surface area contributed by atoms with Gasteiger partial charge in [-0.15, -0.1) is 0 Å². The Balaban J connectivity index is 1.55. The van der Waals surface area contributed by atoms with Crippen molar-refractivity contribution in [3.63, 3.8) is 0 Å². The largest absolute Gasteiger partial charge is 0.360 e. The van der Waals surface area contributed by atoms with Gasteiger partial charge in [-0.2, -0.15) is 0 Å². The van der Waals surface area contributed by atoms with E-state index in [1.54, 1.807) is 0 Å². The molecule has 0 aromatic carbocycles. The molecule has 22 heavy (non-hydrogen) atoms. The van der Waals surface area contributed by atoms with Crippen LogP contribution < -0.4 is 0 Å². The lowest BCUT2D eigenvalue weighted by molar-refractivity contribution is 0.0650. The minimum Gasteiger partial charge on any atom is -0.360 e. The summed E-state index contributed by atoms with van der Waals surface area (Å²) in [5, 5.41) is 4.16. The number of hydrogen-bond acceptors (Lipinski definition) is 3. The Hall–Kier alpha value is -1.32. The van der Waals surface area contributed by atoms with E-state index in [0.717, 1.165) is 50.0 Å². The van der Waals surface area contributed by atoms with E-state index in [1.165, 1.54) is 38.5 Å². The van der Waals surface area contributed by atoms with Gasteiger partial charge in [-0.05, 0) is 50.9 Å². The predicted molar refractivity (Wildman–Crippen MR) is 83.8 cm³/mol. The van der Waals surface area contributed by atoms with Crippen molar-refractivity contribution in [2.75, 3.05) is 6.54 Å². The summed E-state index contributed by atoms with van der Waals surface area (Å²) in [5.74, 6) is 1.81. The Morgan fingerprint density at radius 1 is 1.00 bits per heavy atom. The minimum atomic E-state index is 0.139. The summed E-state index contributed by atoms with van der Waals surface area (Å²) in [6.45, 7) is 0.904. The van der Waals surface area contributed by atoms with Crippen LogP contribution in [0.4, 0.5) is 0 Å². The number of aromatic nitrogens is 1. The number of fused-ring (bicyclic) bond motifs is 1. The third-order valence-corrected chi connectivity index (χ3v) is 5.91. The maximum Gasteiger partial charge on any atom is 0.276 e. The molecule has 1 aromatic heterocycles. The van der Waals surface area contributed by atoms with Crippen LogP contribution in [0.25, 0.3) is 0 Å². The maximum absolute atomic E-state index is 13.0. The van der Waals surface area contributed by atoms with Gasteiger partial charge >= 0.3 is 0 Å². The van der Waals surface area contributed by atoms with Gasteiger partial charge in [-0.3, -0.25) is 4.79 Å². The van der Waals surface area contributed by atoms with Gasteiger partial charge in [0, 0.05) is 24.6 Å². The van der Waals surface area contributed by atoms with Crippen molar-refractivity contribution >= 4 is 5.91 Å². The summed E-state index contributed by atoms with van der Waals surface area (Å²) in [6, 6.07) is 0.448. The number of carbonyl (C=O) groups is 1. The molecule has 4 heteroatoms. The minimum absolute atomic E-state index is 0.139. The van der Waals surface area contributed by atoms with Crippen molar-refractivity contribution in [2.45, 2.75) is 76.7 Å². The summed E-state index contributed by atoms with van der Waals surface area (Å²) < 4.78 is 5.45. The molecule has 1 saturated heterocycles. The van der Waals surface area contributed by atoms with E-state index in [4.69, 9.17) is 4.52 Å². The molecule has 0 unspecified atom stereocenters. The number of aryl methyl sites for hydroxylation is 1. The summed E-state index contributed by atoms with van der Waals surface area (Å²) in [7, 11) is 0. The smallest absolute Gasteiger partial charge is 0.276 e. The van der Waals surface area contributed by atoms with Gasteiger partial charge in [0.15, 0.2) is 5.69 Å². The Morgan fingerprint density at radius 3 is 2.68 bits per heavy atom. The molecule has 0 N–H and O–H groups in total. The Kier molecular flexibility index (Phi) is 3.93. The number of amides is 1. The van der Waals surface area contributed by atoms with Crippen LogP contribution in [0.15, 0.2) is 4.52 Å². The Morgan fingerprint density at radius 2 is 1.82 bits per heavy atom. The van der Waals surface area contributed by atoms with Gasteiger partial charge in [0.2, 0.25) is 0 Å². The second-order valence-electron chi connectivity index (χ2n) is 7.25. The third kappa shape index (κ3) is 2.46. The van der Waals surface area contributed by atoms with Crippen molar-refractivity contribution in [3.8, 4) is 0 Å². The SMILES string of the molecule is O=C(c1noc2c1CCCC2)N1CCC[C@H]1C1CCCCC1. The fourth-order valence-corrected chi connectivity index (χ4v) is 4.74. The Labute approximate surface area is 132 Å². The molecule has 0 bridgehead atoms. The summed E-state index contributed by atoms with van der Waals surface area (Å²) >= 11 is 0. The monoisotopic (exact) mass is 302 g/mol. The molecule has 3 aliphatic rings.